The molecule has 2 N–H and O–H groups in total. The summed E-state index contributed by atoms with van der Waals surface area (Å²) in [6.45, 7) is 5.82. The lowest BCUT2D eigenvalue weighted by Gasteiger charge is -2.40. The van der Waals surface area contributed by atoms with E-state index < -0.39 is 0 Å². The van der Waals surface area contributed by atoms with Gasteiger partial charge in [-0.05, 0) is 43.4 Å². The molecule has 0 radical (unpaired) electrons. The van der Waals surface area contributed by atoms with Crippen molar-refractivity contribution in [2.24, 2.45) is 11.3 Å². The minimum absolute atomic E-state index is 0.0163. The van der Waals surface area contributed by atoms with Crippen molar-refractivity contribution in [3.05, 3.63) is 0 Å². The predicted molar refractivity (Wildman–Crippen MR) is 85.2 cm³/mol. The smallest absolute Gasteiger partial charge is 0.237 e. The number of piperidine rings is 1. The van der Waals surface area contributed by atoms with Crippen LogP contribution < -0.4 is 10.6 Å². The largest absolute Gasteiger partial charge is 0.385 e. The topological polar surface area (TPSA) is 50.4 Å². The quantitative estimate of drug-likeness (QED) is 0.791. The zero-order valence-electron chi connectivity index (χ0n) is 13.9. The summed E-state index contributed by atoms with van der Waals surface area (Å²) in [6.07, 6.45) is 8.44. The normalized spacial score (nSPS) is 29.8. The number of methoxy groups -OCH3 is 1. The number of carbonyl (C=O) groups is 1. The molecule has 0 bridgehead atoms. The Labute approximate surface area is 129 Å². The Balaban J connectivity index is 1.75. The molecule has 2 fully saturated rings. The van der Waals surface area contributed by atoms with Crippen LogP contribution in [0.2, 0.25) is 0 Å². The molecule has 1 heterocycles. The molecule has 3 atom stereocenters. The van der Waals surface area contributed by atoms with Crippen LogP contribution in [0.5, 0.6) is 0 Å². The molecule has 0 spiro atoms. The van der Waals surface area contributed by atoms with Crippen LogP contribution >= 0.6 is 0 Å². The van der Waals surface area contributed by atoms with Gasteiger partial charge in [-0.2, -0.15) is 0 Å². The molecule has 1 amide bonds. The summed E-state index contributed by atoms with van der Waals surface area (Å²) in [6, 6.07) is 0.590. The van der Waals surface area contributed by atoms with Crippen molar-refractivity contribution in [1.29, 1.82) is 0 Å². The Kier molecular flexibility index (Phi) is 6.06. The van der Waals surface area contributed by atoms with Crippen LogP contribution in [0.25, 0.3) is 0 Å². The van der Waals surface area contributed by atoms with E-state index in [0.29, 0.717) is 6.04 Å². The van der Waals surface area contributed by atoms with E-state index in [-0.39, 0.29) is 17.4 Å². The molecule has 2 rings (SSSR count). The van der Waals surface area contributed by atoms with Crippen LogP contribution in [0.15, 0.2) is 0 Å². The van der Waals surface area contributed by atoms with Gasteiger partial charge in [0.05, 0.1) is 6.04 Å². The summed E-state index contributed by atoms with van der Waals surface area (Å²) >= 11 is 0. The van der Waals surface area contributed by atoms with E-state index in [0.717, 1.165) is 31.9 Å². The van der Waals surface area contributed by atoms with E-state index in [1.54, 1.807) is 7.11 Å². The Morgan fingerprint density at radius 3 is 2.76 bits per heavy atom. The maximum absolute atomic E-state index is 12.4. The molecular weight excluding hydrogens is 264 g/mol. The van der Waals surface area contributed by atoms with Crippen LogP contribution in [0.3, 0.4) is 0 Å². The van der Waals surface area contributed by atoms with Gasteiger partial charge in [-0.3, -0.25) is 4.79 Å². The van der Waals surface area contributed by atoms with Gasteiger partial charge >= 0.3 is 0 Å². The zero-order valence-corrected chi connectivity index (χ0v) is 13.9. The summed E-state index contributed by atoms with van der Waals surface area (Å²) in [5, 5.41) is 6.74. The monoisotopic (exact) mass is 296 g/mol. The Morgan fingerprint density at radius 1 is 1.24 bits per heavy atom. The number of ether oxygens (including phenoxy) is 1. The fourth-order valence-corrected chi connectivity index (χ4v) is 3.62. The molecule has 0 aromatic carbocycles. The lowest BCUT2D eigenvalue weighted by molar-refractivity contribution is -0.125. The van der Waals surface area contributed by atoms with E-state index in [4.69, 9.17) is 4.74 Å². The minimum Gasteiger partial charge on any atom is -0.385 e. The summed E-state index contributed by atoms with van der Waals surface area (Å²) in [5.41, 5.74) is 0.0910. The first kappa shape index (κ1) is 16.8. The Bertz CT molecular complexity index is 344. The van der Waals surface area contributed by atoms with Gasteiger partial charge < -0.3 is 15.4 Å². The molecule has 2 aliphatic rings. The summed E-state index contributed by atoms with van der Waals surface area (Å²) in [4.78, 5) is 12.4. The minimum atomic E-state index is 0.0163. The standard InChI is InChI=1S/C17H32N2O2/c1-17(2,10-11-21-3)12-18-16(20)15-9-8-13-6-4-5-7-14(13)19-15/h13-15,19H,4-12H2,1-3H3,(H,18,20). The lowest BCUT2D eigenvalue weighted by Crippen LogP contribution is -2.55. The molecule has 4 heteroatoms. The van der Waals surface area contributed by atoms with Crippen LogP contribution in [0.1, 0.15) is 58.8 Å². The third kappa shape index (κ3) is 4.96. The molecular formula is C17H32N2O2. The molecule has 4 nitrogen and oxygen atoms in total. The van der Waals surface area contributed by atoms with E-state index in [9.17, 15) is 4.79 Å². The Hall–Kier alpha value is -0.610. The number of rotatable bonds is 6. The third-order valence-electron chi connectivity index (χ3n) is 5.19. The highest BCUT2D eigenvalue weighted by molar-refractivity contribution is 5.81. The maximum atomic E-state index is 12.4. The first-order valence-electron chi connectivity index (χ1n) is 8.54. The number of fused-ring (bicyclic) bond motifs is 1. The van der Waals surface area contributed by atoms with E-state index in [1.807, 2.05) is 0 Å². The molecule has 1 aliphatic carbocycles. The van der Waals surface area contributed by atoms with Gasteiger partial charge in [-0.1, -0.05) is 26.7 Å². The highest BCUT2D eigenvalue weighted by Crippen LogP contribution is 2.32. The second-order valence-corrected chi connectivity index (χ2v) is 7.57. The molecule has 122 valence electrons. The zero-order chi connectivity index (χ0) is 15.3. The van der Waals surface area contributed by atoms with Crippen molar-refractivity contribution in [2.45, 2.75) is 70.9 Å². The second kappa shape index (κ2) is 7.59. The fourth-order valence-electron chi connectivity index (χ4n) is 3.62. The van der Waals surface area contributed by atoms with Crippen molar-refractivity contribution >= 4 is 5.91 Å². The van der Waals surface area contributed by atoms with Gasteiger partial charge in [0.25, 0.3) is 0 Å². The van der Waals surface area contributed by atoms with Crippen LogP contribution in [-0.4, -0.2) is 38.3 Å². The number of nitrogens with one attached hydrogen (secondary N) is 2. The average molecular weight is 296 g/mol. The predicted octanol–water partition coefficient (Wildman–Crippen LogP) is 2.48. The molecule has 21 heavy (non-hydrogen) atoms. The lowest BCUT2D eigenvalue weighted by atomic mass is 9.77. The van der Waals surface area contributed by atoms with Crippen LogP contribution in [0.4, 0.5) is 0 Å². The SMILES string of the molecule is COCCC(C)(C)CNC(=O)C1CCC2CCCCC2N1. The first-order chi connectivity index (χ1) is 10.0. The van der Waals surface area contributed by atoms with Crippen molar-refractivity contribution in [3.8, 4) is 0 Å². The van der Waals surface area contributed by atoms with Crippen molar-refractivity contribution in [2.75, 3.05) is 20.3 Å². The molecule has 1 aliphatic heterocycles. The summed E-state index contributed by atoms with van der Waals surface area (Å²) in [7, 11) is 1.72. The highest BCUT2D eigenvalue weighted by Gasteiger charge is 2.34. The number of hydrogen-bond donors (Lipinski definition) is 2. The van der Waals surface area contributed by atoms with E-state index >= 15 is 0 Å². The van der Waals surface area contributed by atoms with Crippen molar-refractivity contribution in [1.82, 2.24) is 10.6 Å². The van der Waals surface area contributed by atoms with E-state index in [2.05, 4.69) is 24.5 Å². The number of carbonyl (C=O) groups excluding carboxylic acids is 1. The van der Waals surface area contributed by atoms with Crippen molar-refractivity contribution < 1.29 is 9.53 Å². The van der Waals surface area contributed by atoms with Gasteiger partial charge in [0.1, 0.15) is 0 Å². The van der Waals surface area contributed by atoms with Crippen LogP contribution in [-0.2, 0) is 9.53 Å². The maximum Gasteiger partial charge on any atom is 0.237 e. The molecule has 1 saturated carbocycles. The molecule has 0 aromatic heterocycles. The van der Waals surface area contributed by atoms with Gasteiger partial charge in [0.2, 0.25) is 5.91 Å². The van der Waals surface area contributed by atoms with E-state index in [1.165, 1.54) is 32.1 Å². The molecule has 3 unspecified atom stereocenters. The average Bonchev–Trinajstić information content (AvgIpc) is 2.50. The van der Waals surface area contributed by atoms with Crippen molar-refractivity contribution in [3.63, 3.8) is 0 Å². The number of amides is 1. The fraction of sp³-hybridized carbons (Fsp3) is 0.941. The Morgan fingerprint density at radius 2 is 2.00 bits per heavy atom. The van der Waals surface area contributed by atoms with Gasteiger partial charge in [0.15, 0.2) is 0 Å². The van der Waals surface area contributed by atoms with Gasteiger partial charge in [-0.25, -0.2) is 0 Å². The second-order valence-electron chi connectivity index (χ2n) is 7.57. The first-order valence-corrected chi connectivity index (χ1v) is 8.54. The number of hydrogen-bond acceptors (Lipinski definition) is 3. The summed E-state index contributed by atoms with van der Waals surface area (Å²) in [5.74, 6) is 0.991. The van der Waals surface area contributed by atoms with Gasteiger partial charge in [-0.15, -0.1) is 0 Å². The third-order valence-corrected chi connectivity index (χ3v) is 5.19. The van der Waals surface area contributed by atoms with Gasteiger partial charge in [0, 0.05) is 26.3 Å². The molecule has 0 aromatic rings. The molecule has 1 saturated heterocycles. The highest BCUT2D eigenvalue weighted by atomic mass is 16.5. The summed E-state index contributed by atoms with van der Waals surface area (Å²) < 4.78 is 5.13. The van der Waals surface area contributed by atoms with Crippen LogP contribution in [0, 0.1) is 11.3 Å².